The lowest BCUT2D eigenvalue weighted by Crippen LogP contribution is -2.41. The molecule has 0 heterocycles. The van der Waals surface area contributed by atoms with Crippen LogP contribution in [0.3, 0.4) is 0 Å². The Balaban J connectivity index is 3.89. The van der Waals surface area contributed by atoms with Gasteiger partial charge in [-0.05, 0) is 25.6 Å². The zero-order valence-electron chi connectivity index (χ0n) is 8.71. The summed E-state index contributed by atoms with van der Waals surface area (Å²) in [5.41, 5.74) is 10.9. The Kier molecular flexibility index (Phi) is 7.49. The molecule has 0 rings (SSSR count). The standard InChI is InChI=1S/C8H22N2O2Si/c1-11-13(12-2,8-6-10)7-4-3-5-9/h3-10H2,1-2H3. The van der Waals surface area contributed by atoms with Crippen LogP contribution in [0.4, 0.5) is 0 Å². The van der Waals surface area contributed by atoms with E-state index < -0.39 is 8.56 Å². The van der Waals surface area contributed by atoms with E-state index in [1.807, 2.05) is 0 Å². The summed E-state index contributed by atoms with van der Waals surface area (Å²) in [6.45, 7) is 1.37. The van der Waals surface area contributed by atoms with Crippen molar-refractivity contribution < 1.29 is 8.85 Å². The fourth-order valence-electron chi connectivity index (χ4n) is 1.38. The summed E-state index contributed by atoms with van der Waals surface area (Å²) in [6.07, 6.45) is 2.11. The predicted molar refractivity (Wildman–Crippen MR) is 56.7 cm³/mol. The van der Waals surface area contributed by atoms with Crippen LogP contribution >= 0.6 is 0 Å². The highest BCUT2D eigenvalue weighted by molar-refractivity contribution is 6.67. The van der Waals surface area contributed by atoms with Crippen LogP contribution in [0, 0.1) is 0 Å². The summed E-state index contributed by atoms with van der Waals surface area (Å²) in [5, 5.41) is 0. The summed E-state index contributed by atoms with van der Waals surface area (Å²) in [7, 11) is 1.47. The Morgan fingerprint density at radius 3 is 1.92 bits per heavy atom. The zero-order valence-corrected chi connectivity index (χ0v) is 9.71. The molecular weight excluding hydrogens is 184 g/mol. The number of hydrogen-bond donors (Lipinski definition) is 2. The van der Waals surface area contributed by atoms with Gasteiger partial charge in [0.05, 0.1) is 0 Å². The molecule has 0 radical (unpaired) electrons. The maximum atomic E-state index is 5.52. The Morgan fingerprint density at radius 2 is 1.54 bits per heavy atom. The van der Waals surface area contributed by atoms with Gasteiger partial charge in [0, 0.05) is 20.3 Å². The number of nitrogens with two attached hydrogens (primary N) is 2. The second-order valence-corrected chi connectivity index (χ2v) is 6.74. The van der Waals surface area contributed by atoms with Crippen LogP contribution in [-0.2, 0) is 8.85 Å². The third kappa shape index (κ3) is 4.73. The minimum Gasteiger partial charge on any atom is -0.398 e. The largest absolute Gasteiger partial charge is 0.398 e. The molecule has 80 valence electrons. The van der Waals surface area contributed by atoms with E-state index in [9.17, 15) is 0 Å². The van der Waals surface area contributed by atoms with Crippen molar-refractivity contribution in [3.63, 3.8) is 0 Å². The third-order valence-electron chi connectivity index (χ3n) is 2.28. The van der Waals surface area contributed by atoms with Crippen LogP contribution in [0.2, 0.25) is 12.1 Å². The minimum absolute atomic E-state index is 0.635. The first-order valence-electron chi connectivity index (χ1n) is 4.75. The van der Waals surface area contributed by atoms with Crippen LogP contribution in [0.1, 0.15) is 12.8 Å². The molecule has 0 bridgehead atoms. The van der Waals surface area contributed by atoms with Crippen molar-refractivity contribution in [2.24, 2.45) is 11.5 Å². The molecule has 0 aromatic rings. The molecule has 0 saturated carbocycles. The normalized spacial score (nSPS) is 12.0. The van der Waals surface area contributed by atoms with Crippen molar-refractivity contribution in [1.82, 2.24) is 0 Å². The van der Waals surface area contributed by atoms with Gasteiger partial charge in [0.25, 0.3) is 0 Å². The van der Waals surface area contributed by atoms with Crippen LogP contribution in [-0.4, -0.2) is 35.9 Å². The molecule has 0 aliphatic rings. The van der Waals surface area contributed by atoms with Gasteiger partial charge in [-0.25, -0.2) is 0 Å². The molecule has 5 heteroatoms. The molecular formula is C8H22N2O2Si. The first-order chi connectivity index (χ1) is 6.24. The van der Waals surface area contributed by atoms with Gasteiger partial charge in [0.1, 0.15) is 0 Å². The zero-order chi connectivity index (χ0) is 10.2. The van der Waals surface area contributed by atoms with E-state index in [1.54, 1.807) is 14.2 Å². The fraction of sp³-hybridized carbons (Fsp3) is 1.00. The van der Waals surface area contributed by atoms with Gasteiger partial charge < -0.3 is 20.3 Å². The maximum absolute atomic E-state index is 5.52. The lowest BCUT2D eigenvalue weighted by Gasteiger charge is -2.26. The van der Waals surface area contributed by atoms with E-state index in [4.69, 9.17) is 20.3 Å². The molecule has 0 aliphatic heterocycles. The molecule has 0 aromatic heterocycles. The third-order valence-corrected chi connectivity index (χ3v) is 5.93. The highest BCUT2D eigenvalue weighted by Gasteiger charge is 2.33. The SMILES string of the molecule is CO[Si](CCN)(CCCCN)OC. The van der Waals surface area contributed by atoms with E-state index in [1.165, 1.54) is 0 Å². The van der Waals surface area contributed by atoms with Crippen molar-refractivity contribution in [2.75, 3.05) is 27.3 Å². The smallest absolute Gasteiger partial charge is 0.338 e. The summed E-state index contributed by atoms with van der Waals surface area (Å²) < 4.78 is 10.9. The summed E-state index contributed by atoms with van der Waals surface area (Å²) >= 11 is 0. The number of hydrogen-bond acceptors (Lipinski definition) is 4. The van der Waals surface area contributed by atoms with Crippen molar-refractivity contribution in [2.45, 2.75) is 24.9 Å². The lowest BCUT2D eigenvalue weighted by molar-refractivity contribution is 0.240. The van der Waals surface area contributed by atoms with Crippen LogP contribution in [0.25, 0.3) is 0 Å². The first kappa shape index (κ1) is 13.1. The van der Waals surface area contributed by atoms with Gasteiger partial charge in [-0.15, -0.1) is 0 Å². The second kappa shape index (κ2) is 7.46. The van der Waals surface area contributed by atoms with Crippen molar-refractivity contribution in [1.29, 1.82) is 0 Å². The molecule has 0 aromatic carbocycles. The molecule has 0 fully saturated rings. The Bertz CT molecular complexity index is 121. The summed E-state index contributed by atoms with van der Waals surface area (Å²) in [4.78, 5) is 0. The van der Waals surface area contributed by atoms with E-state index in [-0.39, 0.29) is 0 Å². The molecule has 0 aliphatic carbocycles. The highest BCUT2D eigenvalue weighted by Crippen LogP contribution is 2.19. The van der Waals surface area contributed by atoms with E-state index in [0.29, 0.717) is 6.54 Å². The molecule has 4 nitrogen and oxygen atoms in total. The van der Waals surface area contributed by atoms with Gasteiger partial charge in [0.2, 0.25) is 0 Å². The number of rotatable bonds is 8. The molecule has 4 N–H and O–H groups in total. The van der Waals surface area contributed by atoms with Crippen molar-refractivity contribution in [3.05, 3.63) is 0 Å². The van der Waals surface area contributed by atoms with Gasteiger partial charge in [-0.3, -0.25) is 0 Å². The van der Waals surface area contributed by atoms with Crippen LogP contribution in [0.15, 0.2) is 0 Å². The summed E-state index contributed by atoms with van der Waals surface area (Å²) in [5.74, 6) is 0. The second-order valence-electron chi connectivity index (χ2n) is 3.10. The number of unbranched alkanes of at least 4 members (excludes halogenated alkanes) is 1. The lowest BCUT2D eigenvalue weighted by atomic mass is 10.3. The van der Waals surface area contributed by atoms with E-state index in [0.717, 1.165) is 31.5 Å². The van der Waals surface area contributed by atoms with Crippen LogP contribution in [0.5, 0.6) is 0 Å². The molecule has 0 spiro atoms. The van der Waals surface area contributed by atoms with Crippen LogP contribution < -0.4 is 11.5 Å². The van der Waals surface area contributed by atoms with Gasteiger partial charge in [-0.2, -0.15) is 0 Å². The van der Waals surface area contributed by atoms with Crippen molar-refractivity contribution in [3.8, 4) is 0 Å². The molecule has 0 unspecified atom stereocenters. The summed E-state index contributed by atoms with van der Waals surface area (Å²) in [6, 6.07) is 1.86. The van der Waals surface area contributed by atoms with Gasteiger partial charge in [0.15, 0.2) is 0 Å². The Morgan fingerprint density at radius 1 is 0.923 bits per heavy atom. The molecule has 0 amide bonds. The first-order valence-corrected chi connectivity index (χ1v) is 6.98. The Hall–Kier alpha value is 0.0569. The quantitative estimate of drug-likeness (QED) is 0.446. The molecule has 0 saturated heterocycles. The Labute approximate surface area is 81.8 Å². The highest BCUT2D eigenvalue weighted by atomic mass is 28.4. The average molecular weight is 206 g/mol. The van der Waals surface area contributed by atoms with Gasteiger partial charge >= 0.3 is 8.56 Å². The monoisotopic (exact) mass is 206 g/mol. The average Bonchev–Trinajstić information content (AvgIpc) is 2.17. The fourth-order valence-corrected chi connectivity index (χ4v) is 3.84. The van der Waals surface area contributed by atoms with Gasteiger partial charge in [-0.1, -0.05) is 6.42 Å². The topological polar surface area (TPSA) is 70.5 Å². The van der Waals surface area contributed by atoms with Crippen molar-refractivity contribution >= 4 is 8.56 Å². The van der Waals surface area contributed by atoms with E-state index in [2.05, 4.69) is 0 Å². The minimum atomic E-state index is -1.96. The predicted octanol–water partition coefficient (Wildman–Crippen LogP) is 0.419. The maximum Gasteiger partial charge on any atom is 0.338 e. The molecule has 13 heavy (non-hydrogen) atoms. The molecule has 0 atom stereocenters. The van der Waals surface area contributed by atoms with E-state index >= 15 is 0 Å².